The van der Waals surface area contributed by atoms with Gasteiger partial charge in [-0.2, -0.15) is 0 Å². The average Bonchev–Trinajstić information content (AvgIpc) is 2.29. The SMILES string of the molecule is CC(C)(Nc1ncnc2c1CCCC2)C(=O)O. The number of nitrogens with zero attached hydrogens (tertiary/aromatic N) is 2. The van der Waals surface area contributed by atoms with E-state index in [1.54, 1.807) is 13.8 Å². The summed E-state index contributed by atoms with van der Waals surface area (Å²) in [5, 5.41) is 12.1. The van der Waals surface area contributed by atoms with Gasteiger partial charge in [-0.25, -0.2) is 14.8 Å². The summed E-state index contributed by atoms with van der Waals surface area (Å²) in [6.45, 7) is 3.26. The number of aliphatic carboxylic acids is 1. The van der Waals surface area contributed by atoms with Gasteiger partial charge in [0.2, 0.25) is 0 Å². The number of carboxylic acid groups (broad SMARTS) is 1. The highest BCUT2D eigenvalue weighted by atomic mass is 16.4. The molecular formula is C12H17N3O2. The van der Waals surface area contributed by atoms with Crippen molar-refractivity contribution in [3.63, 3.8) is 0 Å². The van der Waals surface area contributed by atoms with E-state index in [9.17, 15) is 4.79 Å². The number of hydrogen-bond acceptors (Lipinski definition) is 4. The summed E-state index contributed by atoms with van der Waals surface area (Å²) in [4.78, 5) is 19.5. The molecule has 0 fully saturated rings. The van der Waals surface area contributed by atoms with E-state index in [0.29, 0.717) is 5.82 Å². The van der Waals surface area contributed by atoms with Crippen LogP contribution in [0.25, 0.3) is 0 Å². The fraction of sp³-hybridized carbons (Fsp3) is 0.583. The Morgan fingerprint density at radius 3 is 2.76 bits per heavy atom. The van der Waals surface area contributed by atoms with Gasteiger partial charge in [-0.15, -0.1) is 0 Å². The van der Waals surface area contributed by atoms with Crippen LogP contribution in [0.3, 0.4) is 0 Å². The molecule has 0 atom stereocenters. The smallest absolute Gasteiger partial charge is 0.328 e. The molecule has 0 spiro atoms. The molecule has 2 rings (SSSR count). The number of hydrogen-bond donors (Lipinski definition) is 2. The van der Waals surface area contributed by atoms with Gasteiger partial charge in [-0.05, 0) is 39.5 Å². The fourth-order valence-corrected chi connectivity index (χ4v) is 1.98. The van der Waals surface area contributed by atoms with Gasteiger partial charge in [-0.1, -0.05) is 0 Å². The Hall–Kier alpha value is -1.65. The average molecular weight is 235 g/mol. The number of anilines is 1. The maximum absolute atomic E-state index is 11.1. The number of aromatic nitrogens is 2. The van der Waals surface area contributed by atoms with Gasteiger partial charge in [0.25, 0.3) is 0 Å². The van der Waals surface area contributed by atoms with Crippen molar-refractivity contribution in [2.75, 3.05) is 5.32 Å². The van der Waals surface area contributed by atoms with Crippen molar-refractivity contribution in [1.29, 1.82) is 0 Å². The summed E-state index contributed by atoms with van der Waals surface area (Å²) < 4.78 is 0. The van der Waals surface area contributed by atoms with E-state index in [1.807, 2.05) is 0 Å². The van der Waals surface area contributed by atoms with Gasteiger partial charge in [0.05, 0.1) is 0 Å². The lowest BCUT2D eigenvalue weighted by Gasteiger charge is -2.25. The molecule has 17 heavy (non-hydrogen) atoms. The van der Waals surface area contributed by atoms with Crippen LogP contribution in [0.5, 0.6) is 0 Å². The van der Waals surface area contributed by atoms with Crippen molar-refractivity contribution in [3.05, 3.63) is 17.6 Å². The minimum atomic E-state index is -1.01. The van der Waals surface area contributed by atoms with E-state index < -0.39 is 11.5 Å². The Bertz CT molecular complexity index is 443. The fourth-order valence-electron chi connectivity index (χ4n) is 1.98. The molecule has 5 heteroatoms. The molecule has 0 unspecified atom stereocenters. The minimum absolute atomic E-state index is 0.669. The second kappa shape index (κ2) is 4.31. The number of carbonyl (C=O) groups is 1. The zero-order chi connectivity index (χ0) is 12.5. The molecule has 0 radical (unpaired) electrons. The third-order valence-corrected chi connectivity index (χ3v) is 3.09. The van der Waals surface area contributed by atoms with Gasteiger partial charge in [-0.3, -0.25) is 0 Å². The zero-order valence-corrected chi connectivity index (χ0v) is 10.2. The van der Waals surface area contributed by atoms with E-state index in [0.717, 1.165) is 36.9 Å². The molecule has 1 aromatic heterocycles. The second-order valence-electron chi connectivity index (χ2n) is 4.91. The minimum Gasteiger partial charge on any atom is -0.480 e. The normalized spacial score (nSPS) is 15.2. The molecule has 0 saturated heterocycles. The summed E-state index contributed by atoms with van der Waals surface area (Å²) in [5.74, 6) is -0.220. The molecule has 0 bridgehead atoms. The first-order valence-electron chi connectivity index (χ1n) is 5.85. The summed E-state index contributed by atoms with van der Waals surface area (Å²) in [7, 11) is 0. The molecule has 1 heterocycles. The van der Waals surface area contributed by atoms with Crippen LogP contribution in [-0.4, -0.2) is 26.6 Å². The zero-order valence-electron chi connectivity index (χ0n) is 10.2. The lowest BCUT2D eigenvalue weighted by atomic mass is 9.95. The Balaban J connectivity index is 2.30. The highest BCUT2D eigenvalue weighted by molar-refractivity contribution is 5.81. The summed E-state index contributed by atoms with van der Waals surface area (Å²) in [6, 6.07) is 0. The molecule has 0 aromatic carbocycles. The summed E-state index contributed by atoms with van der Waals surface area (Å²) in [6.07, 6.45) is 5.65. The van der Waals surface area contributed by atoms with Crippen LogP contribution in [-0.2, 0) is 17.6 Å². The molecule has 0 saturated carbocycles. The number of fused-ring (bicyclic) bond motifs is 1. The van der Waals surface area contributed by atoms with Crippen molar-refractivity contribution >= 4 is 11.8 Å². The monoisotopic (exact) mass is 235 g/mol. The largest absolute Gasteiger partial charge is 0.480 e. The standard InChI is InChI=1S/C12H17N3O2/c1-12(2,11(16)17)15-10-8-5-3-4-6-9(8)13-7-14-10/h7H,3-6H2,1-2H3,(H,16,17)(H,13,14,15). The third kappa shape index (κ3) is 2.38. The predicted molar refractivity (Wildman–Crippen MR) is 64.0 cm³/mol. The topological polar surface area (TPSA) is 75.1 Å². The van der Waals surface area contributed by atoms with E-state index in [1.165, 1.54) is 6.33 Å². The van der Waals surface area contributed by atoms with Crippen LogP contribution >= 0.6 is 0 Å². The highest BCUT2D eigenvalue weighted by Gasteiger charge is 2.29. The van der Waals surface area contributed by atoms with E-state index in [-0.39, 0.29) is 0 Å². The first kappa shape index (κ1) is 11.8. The first-order chi connectivity index (χ1) is 8.00. The van der Waals surface area contributed by atoms with Gasteiger partial charge in [0, 0.05) is 11.3 Å². The van der Waals surface area contributed by atoms with Crippen molar-refractivity contribution in [3.8, 4) is 0 Å². The summed E-state index contributed by atoms with van der Waals surface area (Å²) in [5.41, 5.74) is 1.11. The van der Waals surface area contributed by atoms with Crippen LogP contribution in [0, 0.1) is 0 Å². The molecule has 0 amide bonds. The summed E-state index contributed by atoms with van der Waals surface area (Å²) >= 11 is 0. The van der Waals surface area contributed by atoms with Gasteiger partial charge in [0.1, 0.15) is 17.7 Å². The molecule has 0 aliphatic heterocycles. The van der Waals surface area contributed by atoms with Gasteiger partial charge in [0.15, 0.2) is 0 Å². The lowest BCUT2D eigenvalue weighted by molar-refractivity contribution is -0.141. The molecule has 92 valence electrons. The van der Waals surface area contributed by atoms with Crippen LogP contribution in [0.4, 0.5) is 5.82 Å². The molecule has 1 aliphatic rings. The molecule has 1 aromatic rings. The Labute approximate surface area is 100 Å². The lowest BCUT2D eigenvalue weighted by Crippen LogP contribution is -2.40. The Kier molecular flexibility index (Phi) is 3.00. The van der Waals surface area contributed by atoms with E-state index in [4.69, 9.17) is 5.11 Å². The molecule has 5 nitrogen and oxygen atoms in total. The van der Waals surface area contributed by atoms with Crippen molar-refractivity contribution < 1.29 is 9.90 Å². The maximum atomic E-state index is 11.1. The first-order valence-corrected chi connectivity index (χ1v) is 5.85. The van der Waals surface area contributed by atoms with E-state index >= 15 is 0 Å². The maximum Gasteiger partial charge on any atom is 0.328 e. The van der Waals surface area contributed by atoms with E-state index in [2.05, 4.69) is 15.3 Å². The predicted octanol–water partition coefficient (Wildman–Crippen LogP) is 1.63. The van der Waals surface area contributed by atoms with Gasteiger partial charge >= 0.3 is 5.97 Å². The van der Waals surface area contributed by atoms with Crippen LogP contribution in [0.2, 0.25) is 0 Å². The quantitative estimate of drug-likeness (QED) is 0.832. The van der Waals surface area contributed by atoms with Crippen LogP contribution < -0.4 is 5.32 Å². The number of aryl methyl sites for hydroxylation is 1. The Morgan fingerprint density at radius 1 is 1.35 bits per heavy atom. The second-order valence-corrected chi connectivity index (χ2v) is 4.91. The van der Waals surface area contributed by atoms with Crippen molar-refractivity contribution in [1.82, 2.24) is 9.97 Å². The number of nitrogens with one attached hydrogen (secondary N) is 1. The number of carboxylic acids is 1. The van der Waals surface area contributed by atoms with Crippen molar-refractivity contribution in [2.45, 2.75) is 45.1 Å². The molecule has 2 N–H and O–H groups in total. The molecular weight excluding hydrogens is 218 g/mol. The van der Waals surface area contributed by atoms with Gasteiger partial charge < -0.3 is 10.4 Å². The third-order valence-electron chi connectivity index (χ3n) is 3.09. The molecule has 1 aliphatic carbocycles. The van der Waals surface area contributed by atoms with Crippen molar-refractivity contribution in [2.24, 2.45) is 0 Å². The highest BCUT2D eigenvalue weighted by Crippen LogP contribution is 2.26. The van der Waals surface area contributed by atoms with Crippen LogP contribution in [0.15, 0.2) is 6.33 Å². The Morgan fingerprint density at radius 2 is 2.06 bits per heavy atom. The van der Waals surface area contributed by atoms with Crippen LogP contribution in [0.1, 0.15) is 37.9 Å². The number of rotatable bonds is 3.